The van der Waals surface area contributed by atoms with Gasteiger partial charge in [-0.15, -0.1) is 0 Å². The number of nitrogens with zero attached hydrogens (tertiary/aromatic N) is 3. The lowest BCUT2D eigenvalue weighted by Gasteiger charge is -2.30. The molecule has 1 amide bonds. The summed E-state index contributed by atoms with van der Waals surface area (Å²) in [5.41, 5.74) is 2.26. The number of ether oxygens (including phenoxy) is 3. The zero-order valence-corrected chi connectivity index (χ0v) is 19.0. The van der Waals surface area contributed by atoms with E-state index in [1.807, 2.05) is 18.2 Å². The molecule has 0 aliphatic carbocycles. The monoisotopic (exact) mass is 485 g/mol. The van der Waals surface area contributed by atoms with Crippen molar-refractivity contribution in [1.82, 2.24) is 4.90 Å². The van der Waals surface area contributed by atoms with E-state index >= 15 is 0 Å². The number of non-ortho nitro benzene ring substituents is 1. The number of carbonyl (C=O) groups is 1. The highest BCUT2D eigenvalue weighted by Crippen LogP contribution is 2.38. The fourth-order valence-corrected chi connectivity index (χ4v) is 5.11. The highest BCUT2D eigenvalue weighted by atomic mass is 32.2. The lowest BCUT2D eigenvalue weighted by molar-refractivity contribution is -0.384. The lowest BCUT2D eigenvalue weighted by atomic mass is 10.1. The molecule has 33 heavy (non-hydrogen) atoms. The van der Waals surface area contributed by atoms with Gasteiger partial charge in [-0.3, -0.25) is 19.8 Å². The van der Waals surface area contributed by atoms with Crippen molar-refractivity contribution in [2.24, 2.45) is 0 Å². The number of carbonyl (C=O) groups excluding carboxylic acids is 1. The van der Waals surface area contributed by atoms with E-state index in [4.69, 9.17) is 26.4 Å². The molecule has 0 radical (unpaired) electrons. The predicted molar refractivity (Wildman–Crippen MR) is 127 cm³/mol. The third-order valence-electron chi connectivity index (χ3n) is 5.51. The Morgan fingerprint density at radius 3 is 2.70 bits per heavy atom. The van der Waals surface area contributed by atoms with E-state index < -0.39 is 4.92 Å². The molecule has 2 aromatic rings. The van der Waals surface area contributed by atoms with Gasteiger partial charge in [0.2, 0.25) is 6.79 Å². The average Bonchev–Trinajstić information content (AvgIpc) is 3.39. The van der Waals surface area contributed by atoms with Crippen LogP contribution in [0.15, 0.2) is 41.3 Å². The number of nitro groups is 1. The minimum atomic E-state index is -0.439. The summed E-state index contributed by atoms with van der Waals surface area (Å²) in [6.07, 6.45) is 1.69. The molecule has 170 valence electrons. The van der Waals surface area contributed by atoms with Gasteiger partial charge in [0.05, 0.1) is 29.6 Å². The highest BCUT2D eigenvalue weighted by molar-refractivity contribution is 8.26. The second-order valence-electron chi connectivity index (χ2n) is 7.56. The molecule has 0 aromatic heterocycles. The number of nitro benzene ring substituents is 1. The largest absolute Gasteiger partial charge is 0.454 e. The molecule has 2 saturated heterocycles. The van der Waals surface area contributed by atoms with Gasteiger partial charge in [-0.2, -0.15) is 0 Å². The van der Waals surface area contributed by atoms with Gasteiger partial charge in [-0.1, -0.05) is 30.0 Å². The molecule has 0 saturated carbocycles. The number of anilines is 1. The van der Waals surface area contributed by atoms with Crippen molar-refractivity contribution in [3.63, 3.8) is 0 Å². The van der Waals surface area contributed by atoms with Crippen LogP contribution in [0.1, 0.15) is 11.1 Å². The third-order valence-corrected chi connectivity index (χ3v) is 6.89. The van der Waals surface area contributed by atoms with Gasteiger partial charge in [-0.25, -0.2) is 0 Å². The summed E-state index contributed by atoms with van der Waals surface area (Å²) in [7, 11) is 0. The normalized spacial score (nSPS) is 19.0. The maximum Gasteiger partial charge on any atom is 0.270 e. The molecular weight excluding hydrogens is 466 g/mol. The van der Waals surface area contributed by atoms with Crippen molar-refractivity contribution in [2.75, 3.05) is 38.0 Å². The van der Waals surface area contributed by atoms with Crippen molar-refractivity contribution < 1.29 is 23.9 Å². The van der Waals surface area contributed by atoms with E-state index in [-0.39, 0.29) is 18.4 Å². The number of hydrogen-bond acceptors (Lipinski definition) is 9. The Labute approximate surface area is 199 Å². The number of rotatable bonds is 5. The summed E-state index contributed by atoms with van der Waals surface area (Å²) in [5, 5.41) is 11.4. The Hall–Kier alpha value is -3.15. The first kappa shape index (κ1) is 21.7. The molecule has 0 spiro atoms. The molecule has 2 aromatic carbocycles. The molecule has 3 heterocycles. The molecule has 2 fully saturated rings. The number of morpholine rings is 1. The quantitative estimate of drug-likeness (QED) is 0.273. The van der Waals surface area contributed by atoms with E-state index in [1.54, 1.807) is 12.1 Å². The second kappa shape index (κ2) is 9.00. The maximum absolute atomic E-state index is 13.2. The second-order valence-corrected chi connectivity index (χ2v) is 9.23. The minimum absolute atomic E-state index is 0.0332. The SMILES string of the molecule is O=C1/C(=C/c2cc([N+](=O)[O-])ccc2N2CCOCC2)SC(=S)N1Cc1ccc2c(c1)OCO2. The van der Waals surface area contributed by atoms with Crippen LogP contribution in [0.2, 0.25) is 0 Å². The van der Waals surface area contributed by atoms with Gasteiger partial charge in [-0.05, 0) is 29.8 Å². The summed E-state index contributed by atoms with van der Waals surface area (Å²) in [6, 6.07) is 10.2. The minimum Gasteiger partial charge on any atom is -0.454 e. The maximum atomic E-state index is 13.2. The summed E-state index contributed by atoms with van der Waals surface area (Å²) < 4.78 is 16.6. The molecular formula is C22H19N3O6S2. The topological polar surface area (TPSA) is 94.4 Å². The Kier molecular flexibility index (Phi) is 5.92. The number of hydrogen-bond donors (Lipinski definition) is 0. The molecule has 3 aliphatic rings. The molecule has 9 nitrogen and oxygen atoms in total. The van der Waals surface area contributed by atoms with Gasteiger partial charge in [0.1, 0.15) is 4.32 Å². The molecule has 0 N–H and O–H groups in total. The number of thioether (sulfide) groups is 1. The summed E-state index contributed by atoms with van der Waals surface area (Å²) in [4.78, 5) is 28.2. The van der Waals surface area contributed by atoms with Gasteiger partial charge in [0, 0.05) is 36.5 Å². The molecule has 0 unspecified atom stereocenters. The molecule has 5 rings (SSSR count). The average molecular weight is 486 g/mol. The van der Waals surface area contributed by atoms with Gasteiger partial charge in [0.25, 0.3) is 11.6 Å². The zero-order chi connectivity index (χ0) is 22.9. The number of amides is 1. The van der Waals surface area contributed by atoms with Gasteiger partial charge >= 0.3 is 0 Å². The standard InChI is InChI=1S/C22H19N3O6S2/c26-21-20(33-22(32)24(21)12-14-1-4-18-19(9-14)31-13-30-18)11-15-10-16(25(27)28)2-3-17(15)23-5-7-29-8-6-23/h1-4,9-11H,5-8,12-13H2/b20-11-. The smallest absolute Gasteiger partial charge is 0.270 e. The van der Waals surface area contributed by atoms with Crippen LogP contribution >= 0.6 is 24.0 Å². The van der Waals surface area contributed by atoms with E-state index in [2.05, 4.69) is 4.90 Å². The van der Waals surface area contributed by atoms with Crippen molar-refractivity contribution in [1.29, 1.82) is 0 Å². The van der Waals surface area contributed by atoms with E-state index in [0.717, 1.165) is 11.3 Å². The molecule has 11 heteroatoms. The van der Waals surface area contributed by atoms with Crippen LogP contribution < -0.4 is 14.4 Å². The number of fused-ring (bicyclic) bond motifs is 1. The number of thiocarbonyl (C=S) groups is 1. The fraction of sp³-hybridized carbons (Fsp3) is 0.273. The van der Waals surface area contributed by atoms with Crippen molar-refractivity contribution in [3.8, 4) is 11.5 Å². The third kappa shape index (κ3) is 4.39. The van der Waals surface area contributed by atoms with Crippen LogP contribution in [0.25, 0.3) is 6.08 Å². The molecule has 0 atom stereocenters. The number of benzene rings is 2. The molecule has 3 aliphatic heterocycles. The first-order valence-corrected chi connectivity index (χ1v) is 11.5. The van der Waals surface area contributed by atoms with Crippen molar-refractivity contribution in [3.05, 3.63) is 62.5 Å². The van der Waals surface area contributed by atoms with Crippen LogP contribution in [0.4, 0.5) is 11.4 Å². The Morgan fingerprint density at radius 2 is 1.91 bits per heavy atom. The Balaban J connectivity index is 1.43. The first-order valence-electron chi connectivity index (χ1n) is 10.2. The summed E-state index contributed by atoms with van der Waals surface area (Å²) in [5.74, 6) is 1.08. The summed E-state index contributed by atoms with van der Waals surface area (Å²) >= 11 is 6.66. The lowest BCUT2D eigenvalue weighted by Crippen LogP contribution is -2.36. The van der Waals surface area contributed by atoms with E-state index in [0.29, 0.717) is 59.1 Å². The van der Waals surface area contributed by atoms with Crippen LogP contribution in [0, 0.1) is 10.1 Å². The van der Waals surface area contributed by atoms with Gasteiger partial charge < -0.3 is 19.1 Å². The van der Waals surface area contributed by atoms with Gasteiger partial charge in [0.15, 0.2) is 11.5 Å². The highest BCUT2D eigenvalue weighted by Gasteiger charge is 2.33. The van der Waals surface area contributed by atoms with Crippen LogP contribution in [0.5, 0.6) is 11.5 Å². The van der Waals surface area contributed by atoms with E-state index in [1.165, 1.54) is 28.8 Å². The van der Waals surface area contributed by atoms with Crippen molar-refractivity contribution in [2.45, 2.75) is 6.54 Å². The summed E-state index contributed by atoms with van der Waals surface area (Å²) in [6.45, 7) is 2.97. The van der Waals surface area contributed by atoms with Crippen LogP contribution in [-0.4, -0.2) is 53.1 Å². The van der Waals surface area contributed by atoms with Crippen LogP contribution in [0.3, 0.4) is 0 Å². The fourth-order valence-electron chi connectivity index (χ4n) is 3.86. The van der Waals surface area contributed by atoms with Crippen molar-refractivity contribution >= 4 is 51.7 Å². The first-order chi connectivity index (χ1) is 16.0. The van der Waals surface area contributed by atoms with Crippen LogP contribution in [-0.2, 0) is 16.1 Å². The molecule has 0 bridgehead atoms. The zero-order valence-electron chi connectivity index (χ0n) is 17.4. The van der Waals surface area contributed by atoms with E-state index in [9.17, 15) is 14.9 Å². The Bertz CT molecular complexity index is 1180. The Morgan fingerprint density at radius 1 is 1.12 bits per heavy atom. The predicted octanol–water partition coefficient (Wildman–Crippen LogP) is 3.56.